The molecule has 0 unspecified atom stereocenters. The lowest BCUT2D eigenvalue weighted by Crippen LogP contribution is -2.34. The molecule has 0 aliphatic heterocycles. The van der Waals surface area contributed by atoms with Crippen molar-refractivity contribution in [2.24, 2.45) is 5.73 Å². The number of hydrogen-bond donors (Lipinski definition) is 2. The third kappa shape index (κ3) is 4.13. The number of benzene rings is 1. The van der Waals surface area contributed by atoms with Crippen LogP contribution in [0, 0.1) is 0 Å². The van der Waals surface area contributed by atoms with Crippen LogP contribution >= 0.6 is 11.6 Å². The van der Waals surface area contributed by atoms with Crippen LogP contribution in [0.15, 0.2) is 18.2 Å². The van der Waals surface area contributed by atoms with Crippen LogP contribution in [0.2, 0.25) is 5.02 Å². The highest BCUT2D eigenvalue weighted by atomic mass is 35.5. The van der Waals surface area contributed by atoms with E-state index in [1.165, 1.54) is 0 Å². The zero-order valence-electron chi connectivity index (χ0n) is 10.9. The summed E-state index contributed by atoms with van der Waals surface area (Å²) in [6, 6.07) is 4.79. The average molecular weight is 285 g/mol. The maximum atomic E-state index is 11.4. The van der Waals surface area contributed by atoms with Gasteiger partial charge < -0.3 is 15.7 Å². The highest BCUT2D eigenvalue weighted by Gasteiger charge is 2.18. The molecular weight excluding hydrogens is 268 g/mol. The van der Waals surface area contributed by atoms with Crippen molar-refractivity contribution in [3.8, 4) is 0 Å². The van der Waals surface area contributed by atoms with Crippen molar-refractivity contribution in [2.75, 3.05) is 11.4 Å². The number of rotatable bonds is 6. The summed E-state index contributed by atoms with van der Waals surface area (Å²) in [5.41, 5.74) is 6.24. The Bertz CT molecular complexity index is 489. The van der Waals surface area contributed by atoms with E-state index in [1.54, 1.807) is 23.1 Å². The summed E-state index contributed by atoms with van der Waals surface area (Å²) in [4.78, 5) is 23.9. The molecule has 0 bridgehead atoms. The molecule has 6 heteroatoms. The van der Waals surface area contributed by atoms with Crippen LogP contribution in [-0.2, 0) is 4.79 Å². The minimum atomic E-state index is -0.895. The van der Waals surface area contributed by atoms with Gasteiger partial charge in [-0.1, -0.05) is 11.6 Å². The zero-order valence-corrected chi connectivity index (χ0v) is 11.6. The van der Waals surface area contributed by atoms with Crippen molar-refractivity contribution < 1.29 is 14.7 Å². The number of carbonyl (C=O) groups excluding carboxylic acids is 1. The summed E-state index contributed by atoms with van der Waals surface area (Å²) in [5, 5.41) is 9.25. The normalized spacial score (nSPS) is 10.5. The smallest absolute Gasteiger partial charge is 0.305 e. The molecule has 19 heavy (non-hydrogen) atoms. The third-order valence-corrected chi connectivity index (χ3v) is 2.96. The standard InChI is InChI=1S/C13H17ClN2O3/c1-8(2)16(6-5-12(17)18)11-7-9(14)3-4-10(11)13(15)19/h3-4,7-8H,5-6H2,1-2H3,(H2,15,19)(H,17,18). The molecule has 5 nitrogen and oxygen atoms in total. The Kier molecular flexibility index (Phi) is 5.18. The lowest BCUT2D eigenvalue weighted by Gasteiger charge is -2.30. The second-order valence-corrected chi connectivity index (χ2v) is 4.89. The van der Waals surface area contributed by atoms with Gasteiger partial charge >= 0.3 is 5.97 Å². The monoisotopic (exact) mass is 284 g/mol. The fourth-order valence-electron chi connectivity index (χ4n) is 1.82. The van der Waals surface area contributed by atoms with Crippen LogP contribution in [0.1, 0.15) is 30.6 Å². The molecule has 0 radical (unpaired) electrons. The van der Waals surface area contributed by atoms with Gasteiger partial charge in [0.1, 0.15) is 0 Å². The number of carboxylic acids is 1. The van der Waals surface area contributed by atoms with Crippen molar-refractivity contribution in [1.29, 1.82) is 0 Å². The predicted octanol–water partition coefficient (Wildman–Crippen LogP) is 2.13. The Labute approximate surface area is 117 Å². The van der Waals surface area contributed by atoms with E-state index in [9.17, 15) is 9.59 Å². The summed E-state index contributed by atoms with van der Waals surface area (Å²) in [6.07, 6.45) is -0.0249. The van der Waals surface area contributed by atoms with Gasteiger partial charge in [0.05, 0.1) is 17.7 Å². The molecule has 1 aromatic carbocycles. The number of hydrogen-bond acceptors (Lipinski definition) is 3. The van der Waals surface area contributed by atoms with Gasteiger partial charge in [0.15, 0.2) is 0 Å². The third-order valence-electron chi connectivity index (χ3n) is 2.72. The van der Waals surface area contributed by atoms with Crippen molar-refractivity contribution in [1.82, 2.24) is 0 Å². The lowest BCUT2D eigenvalue weighted by molar-refractivity contribution is -0.136. The van der Waals surface area contributed by atoms with Gasteiger partial charge in [-0.05, 0) is 32.0 Å². The minimum Gasteiger partial charge on any atom is -0.481 e. The molecule has 3 N–H and O–H groups in total. The van der Waals surface area contributed by atoms with E-state index in [0.717, 1.165) is 0 Å². The first-order valence-electron chi connectivity index (χ1n) is 5.90. The van der Waals surface area contributed by atoms with Crippen LogP contribution in [0.25, 0.3) is 0 Å². The molecule has 0 aliphatic carbocycles. The SMILES string of the molecule is CC(C)N(CCC(=O)O)c1cc(Cl)ccc1C(N)=O. The van der Waals surface area contributed by atoms with Gasteiger partial charge in [0.2, 0.25) is 0 Å². The maximum Gasteiger partial charge on any atom is 0.305 e. The predicted molar refractivity (Wildman–Crippen MR) is 74.7 cm³/mol. The van der Waals surface area contributed by atoms with Gasteiger partial charge in [-0.25, -0.2) is 0 Å². The van der Waals surface area contributed by atoms with Crippen molar-refractivity contribution in [3.05, 3.63) is 28.8 Å². The molecule has 0 atom stereocenters. The number of anilines is 1. The second kappa shape index (κ2) is 6.43. The first-order chi connectivity index (χ1) is 8.82. The fourth-order valence-corrected chi connectivity index (χ4v) is 1.99. The van der Waals surface area contributed by atoms with Gasteiger partial charge in [0, 0.05) is 17.6 Å². The van der Waals surface area contributed by atoms with Gasteiger partial charge in [0.25, 0.3) is 5.91 Å². The number of halogens is 1. The molecule has 1 aromatic rings. The summed E-state index contributed by atoms with van der Waals surface area (Å²) >= 11 is 5.94. The molecule has 1 amide bonds. The van der Waals surface area contributed by atoms with Crippen molar-refractivity contribution >= 4 is 29.2 Å². The Morgan fingerprint density at radius 1 is 1.42 bits per heavy atom. The molecule has 0 spiro atoms. The van der Waals surface area contributed by atoms with E-state index in [4.69, 9.17) is 22.4 Å². The highest BCUT2D eigenvalue weighted by Crippen LogP contribution is 2.26. The number of primary amides is 1. The molecule has 0 fully saturated rings. The lowest BCUT2D eigenvalue weighted by atomic mass is 10.1. The first kappa shape index (κ1) is 15.3. The zero-order chi connectivity index (χ0) is 14.6. The topological polar surface area (TPSA) is 83.6 Å². The van der Waals surface area contributed by atoms with E-state index in [-0.39, 0.29) is 19.0 Å². The molecule has 0 heterocycles. The molecule has 1 rings (SSSR count). The number of nitrogens with two attached hydrogens (primary N) is 1. The average Bonchev–Trinajstić information content (AvgIpc) is 2.27. The van der Waals surface area contributed by atoms with Crippen LogP contribution in [0.4, 0.5) is 5.69 Å². The second-order valence-electron chi connectivity index (χ2n) is 4.46. The number of carbonyl (C=O) groups is 2. The number of amides is 1. The van der Waals surface area contributed by atoms with Crippen LogP contribution in [0.3, 0.4) is 0 Å². The van der Waals surface area contributed by atoms with Gasteiger partial charge in [-0.15, -0.1) is 0 Å². The molecule has 0 aliphatic rings. The Hall–Kier alpha value is -1.75. The summed E-state index contributed by atoms with van der Waals surface area (Å²) < 4.78 is 0. The molecule has 0 saturated heterocycles. The quantitative estimate of drug-likeness (QED) is 0.838. The molecule has 104 valence electrons. The van der Waals surface area contributed by atoms with E-state index >= 15 is 0 Å². The van der Waals surface area contributed by atoms with E-state index in [2.05, 4.69) is 0 Å². The minimum absolute atomic E-state index is 0.0240. The Morgan fingerprint density at radius 2 is 2.05 bits per heavy atom. The Morgan fingerprint density at radius 3 is 2.53 bits per heavy atom. The molecular formula is C13H17ClN2O3. The van der Waals surface area contributed by atoms with Crippen LogP contribution < -0.4 is 10.6 Å². The van der Waals surface area contributed by atoms with Crippen molar-refractivity contribution in [3.63, 3.8) is 0 Å². The fraction of sp³-hybridized carbons (Fsp3) is 0.385. The van der Waals surface area contributed by atoms with E-state index < -0.39 is 11.9 Å². The van der Waals surface area contributed by atoms with E-state index in [1.807, 2.05) is 13.8 Å². The van der Waals surface area contributed by atoms with E-state index in [0.29, 0.717) is 16.3 Å². The summed E-state index contributed by atoms with van der Waals surface area (Å²) in [7, 11) is 0. The number of nitrogens with zero attached hydrogens (tertiary/aromatic N) is 1. The highest BCUT2D eigenvalue weighted by molar-refractivity contribution is 6.31. The first-order valence-corrected chi connectivity index (χ1v) is 6.28. The summed E-state index contributed by atoms with van der Waals surface area (Å²) in [5.74, 6) is -1.46. The van der Waals surface area contributed by atoms with Crippen molar-refractivity contribution in [2.45, 2.75) is 26.3 Å². The van der Waals surface area contributed by atoms with Crippen LogP contribution in [0.5, 0.6) is 0 Å². The van der Waals surface area contributed by atoms with Crippen LogP contribution in [-0.4, -0.2) is 29.6 Å². The number of carboxylic acid groups (broad SMARTS) is 1. The molecule has 0 saturated carbocycles. The number of aliphatic carboxylic acids is 1. The van der Waals surface area contributed by atoms with Gasteiger partial charge in [-0.2, -0.15) is 0 Å². The maximum absolute atomic E-state index is 11.4. The molecule has 0 aromatic heterocycles. The summed E-state index contributed by atoms with van der Waals surface area (Å²) in [6.45, 7) is 4.11. The van der Waals surface area contributed by atoms with Gasteiger partial charge in [-0.3, -0.25) is 9.59 Å². The Balaban J connectivity index is 3.17. The largest absolute Gasteiger partial charge is 0.481 e.